The summed E-state index contributed by atoms with van der Waals surface area (Å²) in [5.41, 5.74) is 0.936. The van der Waals surface area contributed by atoms with Gasteiger partial charge in [0.25, 0.3) is 0 Å². The number of aryl methyl sites for hydroxylation is 1. The molecule has 3 nitrogen and oxygen atoms in total. The number of benzene rings is 1. The Balaban J connectivity index is 2.23. The molecule has 0 saturated carbocycles. The topological polar surface area (TPSA) is 46.0 Å². The van der Waals surface area contributed by atoms with Crippen LogP contribution in [0.25, 0.3) is 0 Å². The lowest BCUT2D eigenvalue weighted by molar-refractivity contribution is 0.196. The number of hydrogen-bond donors (Lipinski definition) is 1. The lowest BCUT2D eigenvalue weighted by Crippen LogP contribution is -1.93. The maximum absolute atomic E-state index is 9.69. The van der Waals surface area contributed by atoms with E-state index in [0.29, 0.717) is 0 Å². The van der Waals surface area contributed by atoms with Gasteiger partial charge in [-0.1, -0.05) is 36.9 Å². The predicted octanol–water partition coefficient (Wildman–Crippen LogP) is 3.31. The number of nitrogens with zero attached hydrogens (tertiary/aromatic N) is 2. The SMILES string of the molecule is CCc1nsc(Sc2ccccc2C(C)O)n1. The Morgan fingerprint density at radius 3 is 2.82 bits per heavy atom. The summed E-state index contributed by atoms with van der Waals surface area (Å²) >= 11 is 2.97. The second-order valence-electron chi connectivity index (χ2n) is 3.65. The van der Waals surface area contributed by atoms with Gasteiger partial charge >= 0.3 is 0 Å². The van der Waals surface area contributed by atoms with Crippen LogP contribution in [0.5, 0.6) is 0 Å². The van der Waals surface area contributed by atoms with Crippen molar-refractivity contribution in [3.63, 3.8) is 0 Å². The second kappa shape index (κ2) is 5.62. The molecule has 0 amide bonds. The van der Waals surface area contributed by atoms with E-state index >= 15 is 0 Å². The molecule has 1 unspecified atom stereocenters. The number of rotatable bonds is 4. The van der Waals surface area contributed by atoms with Gasteiger partial charge in [-0.25, -0.2) is 4.98 Å². The van der Waals surface area contributed by atoms with E-state index in [1.807, 2.05) is 31.2 Å². The first-order valence-electron chi connectivity index (χ1n) is 5.48. The molecule has 1 N–H and O–H groups in total. The maximum atomic E-state index is 9.69. The molecule has 0 radical (unpaired) electrons. The smallest absolute Gasteiger partial charge is 0.174 e. The summed E-state index contributed by atoms with van der Waals surface area (Å²) in [6.07, 6.45) is 0.395. The third kappa shape index (κ3) is 3.06. The Morgan fingerprint density at radius 1 is 1.41 bits per heavy atom. The summed E-state index contributed by atoms with van der Waals surface area (Å²) in [7, 11) is 0. The first-order chi connectivity index (χ1) is 8.20. The lowest BCUT2D eigenvalue weighted by Gasteiger charge is -2.09. The van der Waals surface area contributed by atoms with Crippen LogP contribution in [0.3, 0.4) is 0 Å². The highest BCUT2D eigenvalue weighted by Crippen LogP contribution is 2.33. The molecule has 0 aliphatic rings. The molecular weight excluding hydrogens is 252 g/mol. The van der Waals surface area contributed by atoms with Crippen molar-refractivity contribution >= 4 is 23.3 Å². The molecule has 1 heterocycles. The minimum Gasteiger partial charge on any atom is -0.389 e. The Hall–Kier alpha value is -0.910. The van der Waals surface area contributed by atoms with E-state index in [9.17, 15) is 5.11 Å². The number of aliphatic hydroxyl groups is 1. The number of hydrogen-bond acceptors (Lipinski definition) is 5. The average Bonchev–Trinajstić information content (AvgIpc) is 2.77. The third-order valence-electron chi connectivity index (χ3n) is 2.33. The molecule has 0 aliphatic carbocycles. The van der Waals surface area contributed by atoms with Gasteiger partial charge in [-0.3, -0.25) is 0 Å². The van der Waals surface area contributed by atoms with Crippen LogP contribution in [0, 0.1) is 0 Å². The Kier molecular flexibility index (Phi) is 4.15. The zero-order chi connectivity index (χ0) is 12.3. The van der Waals surface area contributed by atoms with E-state index in [1.54, 1.807) is 18.7 Å². The standard InChI is InChI=1S/C12H14N2OS2/c1-3-11-13-12(17-14-11)16-10-7-5-4-6-9(10)8(2)15/h4-8,15H,3H2,1-2H3. The minimum atomic E-state index is -0.461. The summed E-state index contributed by atoms with van der Waals surface area (Å²) in [5.74, 6) is 0.882. The largest absolute Gasteiger partial charge is 0.389 e. The predicted molar refractivity (Wildman–Crippen MR) is 70.5 cm³/mol. The van der Waals surface area contributed by atoms with Gasteiger partial charge in [-0.2, -0.15) is 4.37 Å². The van der Waals surface area contributed by atoms with Crippen LogP contribution in [0.1, 0.15) is 31.3 Å². The molecule has 1 atom stereocenters. The van der Waals surface area contributed by atoms with E-state index in [1.165, 1.54) is 11.5 Å². The van der Waals surface area contributed by atoms with Crippen molar-refractivity contribution in [2.75, 3.05) is 0 Å². The molecule has 90 valence electrons. The highest BCUT2D eigenvalue weighted by Gasteiger charge is 2.11. The van der Waals surface area contributed by atoms with Crippen molar-refractivity contribution in [3.8, 4) is 0 Å². The van der Waals surface area contributed by atoms with Gasteiger partial charge in [0.2, 0.25) is 0 Å². The highest BCUT2D eigenvalue weighted by molar-refractivity contribution is 8.01. The van der Waals surface area contributed by atoms with E-state index < -0.39 is 6.10 Å². The van der Waals surface area contributed by atoms with E-state index in [2.05, 4.69) is 9.36 Å². The first-order valence-corrected chi connectivity index (χ1v) is 7.07. The monoisotopic (exact) mass is 266 g/mol. The molecule has 2 aromatic rings. The van der Waals surface area contributed by atoms with Gasteiger partial charge in [0, 0.05) is 11.3 Å². The zero-order valence-corrected chi connectivity index (χ0v) is 11.4. The van der Waals surface area contributed by atoms with E-state index in [-0.39, 0.29) is 0 Å². The summed E-state index contributed by atoms with van der Waals surface area (Å²) < 4.78 is 5.18. The summed E-state index contributed by atoms with van der Waals surface area (Å²) in [6, 6.07) is 7.84. The quantitative estimate of drug-likeness (QED) is 0.922. The van der Waals surface area contributed by atoms with E-state index in [0.717, 1.165) is 27.0 Å². The summed E-state index contributed by atoms with van der Waals surface area (Å²) in [6.45, 7) is 3.82. The fraction of sp³-hybridized carbons (Fsp3) is 0.333. The molecule has 5 heteroatoms. The minimum absolute atomic E-state index is 0.461. The molecule has 1 aromatic carbocycles. The number of aromatic nitrogens is 2. The summed E-state index contributed by atoms with van der Waals surface area (Å²) in [5, 5.41) is 9.69. The van der Waals surface area contributed by atoms with Crippen LogP contribution >= 0.6 is 23.3 Å². The molecule has 0 fully saturated rings. The van der Waals surface area contributed by atoms with Gasteiger partial charge in [0.1, 0.15) is 5.82 Å². The Bertz CT molecular complexity index is 497. The third-order valence-corrected chi connectivity index (χ3v) is 4.21. The molecule has 0 aliphatic heterocycles. The van der Waals surface area contributed by atoms with Crippen LogP contribution in [0.4, 0.5) is 0 Å². The van der Waals surface area contributed by atoms with Crippen LogP contribution in [0.2, 0.25) is 0 Å². The Morgan fingerprint density at radius 2 is 2.18 bits per heavy atom. The summed E-state index contributed by atoms with van der Waals surface area (Å²) in [4.78, 5) is 5.46. The molecular formula is C12H14N2OS2. The molecule has 2 rings (SSSR count). The van der Waals surface area contributed by atoms with Crippen LogP contribution in [-0.4, -0.2) is 14.5 Å². The molecule has 1 aromatic heterocycles. The fourth-order valence-corrected chi connectivity index (χ4v) is 3.31. The van der Waals surface area contributed by atoms with Crippen molar-refractivity contribution < 1.29 is 5.11 Å². The molecule has 17 heavy (non-hydrogen) atoms. The van der Waals surface area contributed by atoms with Crippen molar-refractivity contribution in [1.82, 2.24) is 9.36 Å². The van der Waals surface area contributed by atoms with Gasteiger partial charge in [-0.15, -0.1) is 0 Å². The maximum Gasteiger partial charge on any atom is 0.174 e. The van der Waals surface area contributed by atoms with Crippen LogP contribution in [0.15, 0.2) is 33.5 Å². The average molecular weight is 266 g/mol. The zero-order valence-electron chi connectivity index (χ0n) is 9.75. The normalized spacial score (nSPS) is 12.6. The Labute approximate surface area is 109 Å². The van der Waals surface area contributed by atoms with Gasteiger partial charge in [-0.05, 0) is 30.1 Å². The molecule has 0 bridgehead atoms. The van der Waals surface area contributed by atoms with E-state index in [4.69, 9.17) is 0 Å². The highest BCUT2D eigenvalue weighted by atomic mass is 32.2. The molecule has 0 saturated heterocycles. The van der Waals surface area contributed by atoms with Gasteiger partial charge < -0.3 is 5.11 Å². The van der Waals surface area contributed by atoms with Crippen LogP contribution < -0.4 is 0 Å². The second-order valence-corrected chi connectivity index (χ2v) is 5.69. The van der Waals surface area contributed by atoms with Crippen molar-refractivity contribution in [1.29, 1.82) is 0 Å². The van der Waals surface area contributed by atoms with Crippen LogP contribution in [-0.2, 0) is 6.42 Å². The van der Waals surface area contributed by atoms with Gasteiger partial charge in [0.05, 0.1) is 6.10 Å². The van der Waals surface area contributed by atoms with Crippen molar-refractivity contribution in [2.45, 2.75) is 35.6 Å². The lowest BCUT2D eigenvalue weighted by atomic mass is 10.1. The first kappa shape index (κ1) is 12.5. The number of aliphatic hydroxyl groups excluding tert-OH is 1. The molecule has 0 spiro atoms. The van der Waals surface area contributed by atoms with Crippen molar-refractivity contribution in [2.24, 2.45) is 0 Å². The van der Waals surface area contributed by atoms with Crippen molar-refractivity contribution in [3.05, 3.63) is 35.7 Å². The van der Waals surface area contributed by atoms with Gasteiger partial charge in [0.15, 0.2) is 4.34 Å². The fourth-order valence-electron chi connectivity index (χ4n) is 1.44.